The van der Waals surface area contributed by atoms with Gasteiger partial charge in [0.25, 0.3) is 0 Å². The molecular formula is C31H23Cl2N5O2. The topological polar surface area (TPSA) is 120 Å². The number of hydrogen-bond donors (Lipinski definition) is 3. The minimum absolute atomic E-state index is 0.325. The van der Waals surface area contributed by atoms with Gasteiger partial charge in [-0.05, 0) is 47.5 Å². The van der Waals surface area contributed by atoms with Crippen molar-refractivity contribution in [3.63, 3.8) is 0 Å². The molecule has 0 spiro atoms. The minimum Gasteiger partial charge on any atom is -0.455 e. The summed E-state index contributed by atoms with van der Waals surface area (Å²) in [6.45, 7) is 0. The summed E-state index contributed by atoms with van der Waals surface area (Å²) in [6.07, 6.45) is 1.50. The van der Waals surface area contributed by atoms with Crippen LogP contribution >= 0.6 is 23.2 Å². The van der Waals surface area contributed by atoms with Gasteiger partial charge in [-0.2, -0.15) is 0 Å². The SMILES string of the molecule is NC(=O)C(c1ccc(Cl)c(Cl)c1)C(N)c1cccc(Nc2cc(-c3cccc4c3oc3ccccc34)ncn2)c1. The molecule has 5 N–H and O–H groups in total. The first-order valence-electron chi connectivity index (χ1n) is 12.5. The molecule has 1 amide bonds. The molecule has 9 heteroatoms. The molecule has 198 valence electrons. The van der Waals surface area contributed by atoms with E-state index in [0.717, 1.165) is 33.2 Å². The average Bonchev–Trinajstić information content (AvgIpc) is 3.34. The number of hydrogen-bond acceptors (Lipinski definition) is 6. The Kier molecular flexibility index (Phi) is 6.86. The average molecular weight is 568 g/mol. The number of carbonyl (C=O) groups excluding carboxylic acids is 1. The number of halogens is 2. The Hall–Kier alpha value is -4.43. The number of fused-ring (bicyclic) bond motifs is 3. The van der Waals surface area contributed by atoms with Crippen molar-refractivity contribution in [2.45, 2.75) is 12.0 Å². The van der Waals surface area contributed by atoms with Gasteiger partial charge in [-0.1, -0.05) is 71.7 Å². The number of nitrogens with zero attached hydrogens (tertiary/aromatic N) is 2. The van der Waals surface area contributed by atoms with E-state index >= 15 is 0 Å². The lowest BCUT2D eigenvalue weighted by Gasteiger charge is -2.23. The summed E-state index contributed by atoms with van der Waals surface area (Å²) >= 11 is 12.2. The second-order valence-electron chi connectivity index (χ2n) is 9.40. The predicted molar refractivity (Wildman–Crippen MR) is 160 cm³/mol. The number of nitrogens with two attached hydrogens (primary N) is 2. The van der Waals surface area contributed by atoms with E-state index < -0.39 is 17.9 Å². The molecule has 2 unspecified atom stereocenters. The lowest BCUT2D eigenvalue weighted by Crippen LogP contribution is -2.31. The second-order valence-corrected chi connectivity index (χ2v) is 10.2. The van der Waals surface area contributed by atoms with E-state index in [9.17, 15) is 4.79 Å². The third kappa shape index (κ3) is 4.86. The number of anilines is 2. The molecule has 40 heavy (non-hydrogen) atoms. The molecule has 0 saturated carbocycles. The van der Waals surface area contributed by atoms with Gasteiger partial charge in [0, 0.05) is 34.1 Å². The van der Waals surface area contributed by atoms with Crippen LogP contribution in [0.25, 0.3) is 33.2 Å². The molecule has 6 aromatic rings. The highest BCUT2D eigenvalue weighted by Crippen LogP contribution is 2.36. The Morgan fingerprint density at radius 2 is 1.62 bits per heavy atom. The van der Waals surface area contributed by atoms with E-state index in [-0.39, 0.29) is 0 Å². The number of benzene rings is 4. The molecular weight excluding hydrogens is 545 g/mol. The van der Waals surface area contributed by atoms with Crippen molar-refractivity contribution in [3.05, 3.63) is 118 Å². The van der Waals surface area contributed by atoms with E-state index in [1.54, 1.807) is 18.2 Å². The summed E-state index contributed by atoms with van der Waals surface area (Å²) in [7, 11) is 0. The Morgan fingerprint density at radius 1 is 0.825 bits per heavy atom. The maximum absolute atomic E-state index is 12.4. The maximum atomic E-state index is 12.4. The number of primary amides is 1. The number of aromatic nitrogens is 2. The van der Waals surface area contributed by atoms with Crippen molar-refractivity contribution >= 4 is 62.6 Å². The first-order valence-corrected chi connectivity index (χ1v) is 13.2. The van der Waals surface area contributed by atoms with Crippen LogP contribution in [0, 0.1) is 0 Å². The number of rotatable bonds is 7. The predicted octanol–water partition coefficient (Wildman–Crippen LogP) is 7.36. The third-order valence-electron chi connectivity index (χ3n) is 6.86. The fourth-order valence-electron chi connectivity index (χ4n) is 4.94. The zero-order valence-corrected chi connectivity index (χ0v) is 22.5. The van der Waals surface area contributed by atoms with Gasteiger partial charge >= 0.3 is 0 Å². The summed E-state index contributed by atoms with van der Waals surface area (Å²) in [4.78, 5) is 21.3. The van der Waals surface area contributed by atoms with Gasteiger partial charge in [0.2, 0.25) is 5.91 Å². The molecule has 0 aliphatic heterocycles. The Balaban J connectivity index is 1.30. The number of furan rings is 1. The van der Waals surface area contributed by atoms with Crippen molar-refractivity contribution in [2.75, 3.05) is 5.32 Å². The fraction of sp³-hybridized carbons (Fsp3) is 0.0645. The van der Waals surface area contributed by atoms with E-state index in [1.807, 2.05) is 72.8 Å². The lowest BCUT2D eigenvalue weighted by molar-refractivity contribution is -0.119. The second kappa shape index (κ2) is 10.6. The highest BCUT2D eigenvalue weighted by Gasteiger charge is 2.27. The molecule has 6 rings (SSSR count). The molecule has 0 saturated heterocycles. The van der Waals surface area contributed by atoms with Crippen LogP contribution in [-0.4, -0.2) is 15.9 Å². The van der Waals surface area contributed by atoms with Gasteiger partial charge in [0.15, 0.2) is 0 Å². The summed E-state index contributed by atoms with van der Waals surface area (Å²) in [5, 5.41) is 6.10. The molecule has 0 radical (unpaired) electrons. The maximum Gasteiger partial charge on any atom is 0.226 e. The van der Waals surface area contributed by atoms with Crippen LogP contribution in [0.2, 0.25) is 10.0 Å². The summed E-state index contributed by atoms with van der Waals surface area (Å²) in [5.74, 6) is -0.788. The normalized spacial score (nSPS) is 12.9. The van der Waals surface area contributed by atoms with Gasteiger partial charge in [0.05, 0.1) is 21.7 Å². The number of nitrogens with one attached hydrogen (secondary N) is 1. The van der Waals surface area contributed by atoms with Crippen molar-refractivity contribution in [3.8, 4) is 11.3 Å². The van der Waals surface area contributed by atoms with Crippen LogP contribution in [0.3, 0.4) is 0 Å². The standard InChI is InChI=1S/C31H23Cl2N5O2/c32-23-12-11-17(14-24(23)33)28(31(35)39)29(34)18-5-3-6-19(13-18)38-27-15-25(36-16-37-27)22-9-4-8-21-20-7-1-2-10-26(20)40-30(21)22/h1-16,28-29H,34H2,(H2,35,39)(H,36,37,38). The zero-order chi connectivity index (χ0) is 27.8. The smallest absolute Gasteiger partial charge is 0.226 e. The minimum atomic E-state index is -0.806. The largest absolute Gasteiger partial charge is 0.455 e. The zero-order valence-electron chi connectivity index (χ0n) is 21.0. The van der Waals surface area contributed by atoms with E-state index in [0.29, 0.717) is 32.7 Å². The highest BCUT2D eigenvalue weighted by atomic mass is 35.5. The van der Waals surface area contributed by atoms with Crippen molar-refractivity contribution in [1.82, 2.24) is 9.97 Å². The van der Waals surface area contributed by atoms with Crippen LogP contribution in [0.5, 0.6) is 0 Å². The molecule has 0 bridgehead atoms. The van der Waals surface area contributed by atoms with Gasteiger partial charge in [-0.3, -0.25) is 4.79 Å². The lowest BCUT2D eigenvalue weighted by atomic mass is 9.87. The summed E-state index contributed by atoms with van der Waals surface area (Å²) in [5.41, 5.74) is 17.5. The summed E-state index contributed by atoms with van der Waals surface area (Å²) < 4.78 is 6.18. The first-order chi connectivity index (χ1) is 19.4. The van der Waals surface area contributed by atoms with E-state index in [2.05, 4.69) is 15.3 Å². The van der Waals surface area contributed by atoms with Gasteiger partial charge in [-0.15, -0.1) is 0 Å². The molecule has 2 atom stereocenters. The number of carbonyl (C=O) groups is 1. The molecule has 2 aromatic heterocycles. The van der Waals surface area contributed by atoms with E-state index in [4.69, 9.17) is 39.1 Å². The fourth-order valence-corrected chi connectivity index (χ4v) is 5.25. The quantitative estimate of drug-likeness (QED) is 0.185. The highest BCUT2D eigenvalue weighted by molar-refractivity contribution is 6.42. The Bertz CT molecular complexity index is 1890. The Labute approximate surface area is 239 Å². The van der Waals surface area contributed by atoms with Gasteiger partial charge in [0.1, 0.15) is 23.3 Å². The van der Waals surface area contributed by atoms with Crippen LogP contribution in [0.15, 0.2) is 102 Å². The van der Waals surface area contributed by atoms with E-state index in [1.165, 1.54) is 6.33 Å². The molecule has 4 aromatic carbocycles. The molecule has 2 heterocycles. The molecule has 0 aliphatic carbocycles. The summed E-state index contributed by atoms with van der Waals surface area (Å²) in [6, 6.07) is 27.5. The molecule has 7 nitrogen and oxygen atoms in total. The molecule has 0 fully saturated rings. The van der Waals surface area contributed by atoms with Crippen LogP contribution in [0.1, 0.15) is 23.1 Å². The first kappa shape index (κ1) is 25.8. The number of para-hydroxylation sites is 2. The molecule has 0 aliphatic rings. The number of amides is 1. The van der Waals surface area contributed by atoms with Crippen molar-refractivity contribution in [2.24, 2.45) is 11.5 Å². The van der Waals surface area contributed by atoms with Crippen LogP contribution in [-0.2, 0) is 4.79 Å². The van der Waals surface area contributed by atoms with Crippen LogP contribution in [0.4, 0.5) is 11.5 Å². The van der Waals surface area contributed by atoms with Crippen molar-refractivity contribution in [1.29, 1.82) is 0 Å². The monoisotopic (exact) mass is 567 g/mol. The third-order valence-corrected chi connectivity index (χ3v) is 7.60. The van der Waals surface area contributed by atoms with Crippen molar-refractivity contribution < 1.29 is 9.21 Å². The van der Waals surface area contributed by atoms with Gasteiger partial charge < -0.3 is 21.2 Å². The van der Waals surface area contributed by atoms with Gasteiger partial charge in [-0.25, -0.2) is 9.97 Å². The van der Waals surface area contributed by atoms with Crippen LogP contribution < -0.4 is 16.8 Å². The Morgan fingerprint density at radius 3 is 2.45 bits per heavy atom.